The standard InChI is InChI=1S/C11H17NO5/c1-11(10(14)15)2-3-12(7-11)9(13)8-6-16-4-5-17-8/h8H,2-7H2,1H3,(H,14,15). The smallest absolute Gasteiger partial charge is 0.311 e. The van der Waals surface area contributed by atoms with Gasteiger partial charge in [0.2, 0.25) is 0 Å². The summed E-state index contributed by atoms with van der Waals surface area (Å²) in [6.45, 7) is 3.58. The van der Waals surface area contributed by atoms with E-state index in [9.17, 15) is 9.59 Å². The molecule has 0 aromatic heterocycles. The van der Waals surface area contributed by atoms with E-state index in [1.165, 1.54) is 0 Å². The number of carboxylic acids is 1. The summed E-state index contributed by atoms with van der Waals surface area (Å²) in [5.74, 6) is -1.01. The summed E-state index contributed by atoms with van der Waals surface area (Å²) < 4.78 is 10.5. The van der Waals surface area contributed by atoms with Crippen molar-refractivity contribution >= 4 is 11.9 Å². The number of hydrogen-bond donors (Lipinski definition) is 1. The number of aliphatic carboxylic acids is 1. The molecule has 1 N–H and O–H groups in total. The van der Waals surface area contributed by atoms with Crippen LogP contribution in [0.15, 0.2) is 0 Å². The van der Waals surface area contributed by atoms with Crippen LogP contribution in [0.25, 0.3) is 0 Å². The third kappa shape index (κ3) is 2.42. The predicted molar refractivity (Wildman–Crippen MR) is 57.5 cm³/mol. The van der Waals surface area contributed by atoms with Crippen LogP contribution in [0.2, 0.25) is 0 Å². The van der Waals surface area contributed by atoms with Crippen LogP contribution < -0.4 is 0 Å². The van der Waals surface area contributed by atoms with E-state index >= 15 is 0 Å². The van der Waals surface area contributed by atoms with Crippen LogP contribution in [0.1, 0.15) is 13.3 Å². The predicted octanol–water partition coefficient (Wildman–Crippen LogP) is -0.275. The molecular formula is C11H17NO5. The molecule has 96 valence electrons. The normalized spacial score (nSPS) is 33.7. The Hall–Kier alpha value is -1.14. The minimum atomic E-state index is -0.853. The first-order valence-electron chi connectivity index (χ1n) is 5.74. The molecule has 2 unspecified atom stereocenters. The first-order chi connectivity index (χ1) is 8.03. The molecule has 0 radical (unpaired) electrons. The van der Waals surface area contributed by atoms with Gasteiger partial charge in [0.15, 0.2) is 6.10 Å². The van der Waals surface area contributed by atoms with Gasteiger partial charge < -0.3 is 19.5 Å². The fourth-order valence-electron chi connectivity index (χ4n) is 2.16. The van der Waals surface area contributed by atoms with Gasteiger partial charge in [-0.15, -0.1) is 0 Å². The van der Waals surface area contributed by atoms with Crippen LogP contribution in [0.5, 0.6) is 0 Å². The van der Waals surface area contributed by atoms with Crippen LogP contribution in [0, 0.1) is 5.41 Å². The molecule has 0 aromatic carbocycles. The van der Waals surface area contributed by atoms with Gasteiger partial charge in [-0.3, -0.25) is 9.59 Å². The quantitative estimate of drug-likeness (QED) is 0.722. The summed E-state index contributed by atoms with van der Waals surface area (Å²) in [5, 5.41) is 9.09. The Bertz CT molecular complexity index is 326. The van der Waals surface area contributed by atoms with Gasteiger partial charge in [0.05, 0.1) is 25.2 Å². The van der Waals surface area contributed by atoms with Gasteiger partial charge in [0, 0.05) is 13.1 Å². The fraction of sp³-hybridized carbons (Fsp3) is 0.818. The zero-order valence-corrected chi connectivity index (χ0v) is 9.85. The maximum absolute atomic E-state index is 12.0. The lowest BCUT2D eigenvalue weighted by Crippen LogP contribution is -2.45. The molecule has 2 atom stereocenters. The van der Waals surface area contributed by atoms with Gasteiger partial charge in [0.25, 0.3) is 5.91 Å². The topological polar surface area (TPSA) is 76.1 Å². The van der Waals surface area contributed by atoms with E-state index in [-0.39, 0.29) is 19.1 Å². The number of amides is 1. The zero-order valence-electron chi connectivity index (χ0n) is 9.85. The minimum absolute atomic E-state index is 0.158. The van der Waals surface area contributed by atoms with E-state index in [1.807, 2.05) is 0 Å². The molecule has 2 rings (SSSR count). The molecule has 0 saturated carbocycles. The minimum Gasteiger partial charge on any atom is -0.481 e. The van der Waals surface area contributed by atoms with Crippen molar-refractivity contribution < 1.29 is 24.2 Å². The Balaban J connectivity index is 1.95. The molecule has 0 spiro atoms. The number of carbonyl (C=O) groups is 2. The number of nitrogens with zero attached hydrogens (tertiary/aromatic N) is 1. The molecule has 17 heavy (non-hydrogen) atoms. The van der Waals surface area contributed by atoms with Crippen molar-refractivity contribution in [1.82, 2.24) is 4.90 Å². The van der Waals surface area contributed by atoms with E-state index < -0.39 is 17.5 Å². The summed E-state index contributed by atoms with van der Waals surface area (Å²) in [6, 6.07) is 0. The van der Waals surface area contributed by atoms with E-state index in [0.29, 0.717) is 26.2 Å². The molecule has 1 amide bonds. The van der Waals surface area contributed by atoms with Crippen LogP contribution in [0.3, 0.4) is 0 Å². The van der Waals surface area contributed by atoms with Crippen LogP contribution in [0.4, 0.5) is 0 Å². The summed E-state index contributed by atoms with van der Waals surface area (Å²) >= 11 is 0. The number of carboxylic acid groups (broad SMARTS) is 1. The lowest BCUT2D eigenvalue weighted by molar-refractivity contribution is -0.158. The average molecular weight is 243 g/mol. The molecule has 2 heterocycles. The first kappa shape index (κ1) is 12.3. The maximum atomic E-state index is 12.0. The van der Waals surface area contributed by atoms with Crippen molar-refractivity contribution in [2.45, 2.75) is 19.4 Å². The van der Waals surface area contributed by atoms with Crippen molar-refractivity contribution in [3.8, 4) is 0 Å². The second-order valence-corrected chi connectivity index (χ2v) is 4.81. The molecule has 0 aromatic rings. The monoisotopic (exact) mass is 243 g/mol. The summed E-state index contributed by atoms with van der Waals surface area (Å²) in [5.41, 5.74) is -0.828. The Morgan fingerprint density at radius 3 is 2.71 bits per heavy atom. The third-order valence-electron chi connectivity index (χ3n) is 3.39. The molecule has 2 aliphatic heterocycles. The van der Waals surface area contributed by atoms with Crippen molar-refractivity contribution in [3.05, 3.63) is 0 Å². The van der Waals surface area contributed by atoms with Gasteiger partial charge in [-0.25, -0.2) is 0 Å². The summed E-state index contributed by atoms with van der Waals surface area (Å²) in [7, 11) is 0. The van der Waals surface area contributed by atoms with Gasteiger partial charge in [0.1, 0.15) is 0 Å². The molecular weight excluding hydrogens is 226 g/mol. The second kappa shape index (κ2) is 4.62. The number of carbonyl (C=O) groups excluding carboxylic acids is 1. The highest BCUT2D eigenvalue weighted by Gasteiger charge is 2.43. The van der Waals surface area contributed by atoms with Crippen LogP contribution in [-0.4, -0.2) is 60.9 Å². The lowest BCUT2D eigenvalue weighted by atomic mass is 9.90. The average Bonchev–Trinajstić information content (AvgIpc) is 2.74. The van der Waals surface area contributed by atoms with Crippen LogP contribution >= 0.6 is 0 Å². The van der Waals surface area contributed by atoms with Crippen molar-refractivity contribution in [1.29, 1.82) is 0 Å². The van der Waals surface area contributed by atoms with Crippen LogP contribution in [-0.2, 0) is 19.1 Å². The summed E-state index contributed by atoms with van der Waals surface area (Å²) in [4.78, 5) is 24.7. The Morgan fingerprint density at radius 2 is 2.18 bits per heavy atom. The second-order valence-electron chi connectivity index (χ2n) is 4.81. The number of likely N-dealkylation sites (tertiary alicyclic amines) is 1. The molecule has 2 saturated heterocycles. The summed E-state index contributed by atoms with van der Waals surface area (Å²) in [6.07, 6.45) is -0.0818. The highest BCUT2D eigenvalue weighted by Crippen LogP contribution is 2.30. The highest BCUT2D eigenvalue weighted by molar-refractivity contribution is 5.83. The SMILES string of the molecule is CC1(C(=O)O)CCN(C(=O)C2COCCO2)C1. The molecule has 2 aliphatic rings. The first-order valence-corrected chi connectivity index (χ1v) is 5.74. The van der Waals surface area contributed by atoms with Gasteiger partial charge in [-0.2, -0.15) is 0 Å². The molecule has 0 aliphatic carbocycles. The van der Waals surface area contributed by atoms with E-state index in [4.69, 9.17) is 14.6 Å². The molecule has 0 bridgehead atoms. The number of hydrogen-bond acceptors (Lipinski definition) is 4. The fourth-order valence-corrected chi connectivity index (χ4v) is 2.16. The highest BCUT2D eigenvalue weighted by atomic mass is 16.6. The van der Waals surface area contributed by atoms with Gasteiger partial charge >= 0.3 is 5.97 Å². The Kier molecular flexibility index (Phi) is 3.35. The van der Waals surface area contributed by atoms with Crippen molar-refractivity contribution in [3.63, 3.8) is 0 Å². The number of ether oxygens (including phenoxy) is 2. The molecule has 2 fully saturated rings. The van der Waals surface area contributed by atoms with E-state index in [1.54, 1.807) is 11.8 Å². The number of rotatable bonds is 2. The van der Waals surface area contributed by atoms with Crippen molar-refractivity contribution in [2.75, 3.05) is 32.9 Å². The van der Waals surface area contributed by atoms with Crippen molar-refractivity contribution in [2.24, 2.45) is 5.41 Å². The lowest BCUT2D eigenvalue weighted by Gasteiger charge is -2.27. The molecule has 6 heteroatoms. The third-order valence-corrected chi connectivity index (χ3v) is 3.39. The maximum Gasteiger partial charge on any atom is 0.311 e. The van der Waals surface area contributed by atoms with Gasteiger partial charge in [-0.1, -0.05) is 0 Å². The Morgan fingerprint density at radius 1 is 1.41 bits per heavy atom. The van der Waals surface area contributed by atoms with E-state index in [2.05, 4.69) is 0 Å². The Labute approximate surface area is 99.5 Å². The largest absolute Gasteiger partial charge is 0.481 e. The van der Waals surface area contributed by atoms with E-state index in [0.717, 1.165) is 0 Å². The van der Waals surface area contributed by atoms with Gasteiger partial charge in [-0.05, 0) is 13.3 Å². The molecule has 6 nitrogen and oxygen atoms in total. The zero-order chi connectivity index (χ0) is 12.5.